The van der Waals surface area contributed by atoms with Gasteiger partial charge in [0, 0.05) is 31.5 Å². The number of nitrogen functional groups attached to an aromatic ring is 1. The van der Waals surface area contributed by atoms with Gasteiger partial charge >= 0.3 is 0 Å². The lowest BCUT2D eigenvalue weighted by atomic mass is 9.76. The molecule has 2 atom stereocenters. The molecule has 6 rings (SSSR count). The number of methoxy groups -OCH3 is 1. The molecule has 2 aliphatic rings. The van der Waals surface area contributed by atoms with E-state index in [4.69, 9.17) is 20.2 Å². The summed E-state index contributed by atoms with van der Waals surface area (Å²) in [5, 5.41) is 0. The number of nitrogens with one attached hydrogen (secondary N) is 1. The standard InChI is InChI=1S/C29H40N8O2/c1-29(2,15-38-4)19-6-8-22-23(13-19)35-24(34-22)9-5-18-11-20(12-18)36(3)14-21-7-10-25(39-21)37-17-33-26-27(30)31-16-32-28(26)37/h6,8,13,16-18,20-21,25H,5,7,9-12,14-15H2,1-4H3,(H,34,35)(H2,30,31,32). The highest BCUT2D eigenvalue weighted by Gasteiger charge is 2.35. The number of rotatable bonds is 10. The van der Waals surface area contributed by atoms with Crippen LogP contribution in [0.25, 0.3) is 22.2 Å². The molecule has 4 heterocycles. The molecule has 1 saturated heterocycles. The number of benzene rings is 1. The SMILES string of the molecule is COCC(C)(C)c1ccc2nc(CCC3CC(N(C)CC4CCC(n5cnc6c(N)ncnc65)O4)C3)[nH]c2c1. The second kappa shape index (κ2) is 10.5. The van der Waals surface area contributed by atoms with Crippen LogP contribution in [0.5, 0.6) is 0 Å². The second-order valence-electron chi connectivity index (χ2n) is 12.1. The predicted molar refractivity (Wildman–Crippen MR) is 151 cm³/mol. The van der Waals surface area contributed by atoms with Crippen molar-refractivity contribution >= 4 is 28.0 Å². The van der Waals surface area contributed by atoms with E-state index in [0.717, 1.165) is 54.2 Å². The van der Waals surface area contributed by atoms with E-state index in [0.29, 0.717) is 24.0 Å². The average molecular weight is 533 g/mol. The zero-order valence-corrected chi connectivity index (χ0v) is 23.4. The normalized spacial score (nSPS) is 23.7. The van der Waals surface area contributed by atoms with Gasteiger partial charge in [-0.1, -0.05) is 19.9 Å². The summed E-state index contributed by atoms with van der Waals surface area (Å²) in [5.74, 6) is 2.25. The number of aromatic amines is 1. The third-order valence-electron chi connectivity index (χ3n) is 8.72. The van der Waals surface area contributed by atoms with Gasteiger partial charge in [0.1, 0.15) is 23.9 Å². The minimum absolute atomic E-state index is 0.0248. The second-order valence-corrected chi connectivity index (χ2v) is 12.1. The van der Waals surface area contributed by atoms with Crippen LogP contribution in [0.1, 0.15) is 63.6 Å². The monoisotopic (exact) mass is 532 g/mol. The van der Waals surface area contributed by atoms with Crippen LogP contribution < -0.4 is 5.73 Å². The highest BCUT2D eigenvalue weighted by atomic mass is 16.5. The molecule has 0 spiro atoms. The first kappa shape index (κ1) is 26.2. The molecular formula is C29H40N8O2. The van der Waals surface area contributed by atoms with E-state index < -0.39 is 0 Å². The first-order valence-electron chi connectivity index (χ1n) is 14.1. The molecule has 39 heavy (non-hydrogen) atoms. The van der Waals surface area contributed by atoms with Crippen molar-refractivity contribution in [2.75, 3.05) is 33.0 Å². The van der Waals surface area contributed by atoms with E-state index in [2.05, 4.69) is 63.9 Å². The first-order chi connectivity index (χ1) is 18.8. The highest BCUT2D eigenvalue weighted by Crippen LogP contribution is 2.37. The maximum Gasteiger partial charge on any atom is 0.167 e. The quantitative estimate of drug-likeness (QED) is 0.311. The number of nitrogens with zero attached hydrogens (tertiary/aromatic N) is 6. The van der Waals surface area contributed by atoms with Crippen molar-refractivity contribution < 1.29 is 9.47 Å². The number of hydrogen-bond donors (Lipinski definition) is 2. The van der Waals surface area contributed by atoms with Crippen molar-refractivity contribution in [3.8, 4) is 0 Å². The van der Waals surface area contributed by atoms with Gasteiger partial charge in [-0.15, -0.1) is 0 Å². The lowest BCUT2D eigenvalue weighted by Crippen LogP contribution is -2.45. The van der Waals surface area contributed by atoms with Crippen molar-refractivity contribution in [2.24, 2.45) is 5.92 Å². The lowest BCUT2D eigenvalue weighted by Gasteiger charge is -2.42. The van der Waals surface area contributed by atoms with Crippen molar-refractivity contribution in [1.29, 1.82) is 0 Å². The Bertz CT molecular complexity index is 1440. The van der Waals surface area contributed by atoms with Crippen LogP contribution in [0.2, 0.25) is 0 Å². The summed E-state index contributed by atoms with van der Waals surface area (Å²) in [4.78, 5) is 23.7. The Morgan fingerprint density at radius 2 is 2.05 bits per heavy atom. The van der Waals surface area contributed by atoms with Crippen molar-refractivity contribution in [1.82, 2.24) is 34.4 Å². The van der Waals surface area contributed by atoms with E-state index in [1.807, 2.05) is 4.57 Å². The van der Waals surface area contributed by atoms with Gasteiger partial charge in [-0.2, -0.15) is 0 Å². The minimum atomic E-state index is -0.0530. The molecule has 2 fully saturated rings. The summed E-state index contributed by atoms with van der Waals surface area (Å²) in [7, 11) is 3.99. The van der Waals surface area contributed by atoms with Gasteiger partial charge < -0.3 is 25.1 Å². The molecule has 10 nitrogen and oxygen atoms in total. The highest BCUT2D eigenvalue weighted by molar-refractivity contribution is 5.81. The average Bonchev–Trinajstić information content (AvgIpc) is 3.60. The molecular weight excluding hydrogens is 492 g/mol. The number of likely N-dealkylation sites (N-methyl/N-ethyl adjacent to an activating group) is 1. The van der Waals surface area contributed by atoms with Gasteiger partial charge in [0.2, 0.25) is 0 Å². The molecule has 4 aromatic rings. The molecule has 0 amide bonds. The van der Waals surface area contributed by atoms with E-state index in [9.17, 15) is 0 Å². The molecule has 1 saturated carbocycles. The maximum atomic E-state index is 6.41. The largest absolute Gasteiger partial charge is 0.384 e. The number of imidazole rings is 2. The summed E-state index contributed by atoms with van der Waals surface area (Å²) in [6, 6.07) is 7.16. The Morgan fingerprint density at radius 1 is 1.21 bits per heavy atom. The van der Waals surface area contributed by atoms with Gasteiger partial charge in [-0.25, -0.2) is 19.9 Å². The van der Waals surface area contributed by atoms with E-state index in [-0.39, 0.29) is 17.7 Å². The van der Waals surface area contributed by atoms with E-state index in [1.54, 1.807) is 13.4 Å². The fourth-order valence-corrected chi connectivity index (χ4v) is 6.26. The van der Waals surface area contributed by atoms with Crippen LogP contribution in [0.15, 0.2) is 30.9 Å². The summed E-state index contributed by atoms with van der Waals surface area (Å²) in [6.07, 6.45) is 10.0. The van der Waals surface area contributed by atoms with Gasteiger partial charge in [-0.05, 0) is 62.8 Å². The van der Waals surface area contributed by atoms with Gasteiger partial charge in [0.15, 0.2) is 11.5 Å². The van der Waals surface area contributed by atoms with E-state index >= 15 is 0 Å². The Labute approximate surface area is 229 Å². The van der Waals surface area contributed by atoms with E-state index in [1.165, 1.54) is 31.2 Å². The summed E-state index contributed by atoms with van der Waals surface area (Å²) in [6.45, 7) is 6.06. The van der Waals surface area contributed by atoms with Crippen LogP contribution in [-0.4, -0.2) is 73.8 Å². The molecule has 1 aliphatic carbocycles. The Balaban J connectivity index is 0.968. The summed E-state index contributed by atoms with van der Waals surface area (Å²) >= 11 is 0. The Kier molecular flexibility index (Phi) is 7.03. The first-order valence-corrected chi connectivity index (χ1v) is 14.1. The van der Waals surface area contributed by atoms with Gasteiger partial charge in [0.25, 0.3) is 0 Å². The number of aromatic nitrogens is 6. The van der Waals surface area contributed by atoms with Crippen molar-refractivity contribution in [3.05, 3.63) is 42.2 Å². The minimum Gasteiger partial charge on any atom is -0.384 e. The fraction of sp³-hybridized carbons (Fsp3) is 0.586. The molecule has 3 N–H and O–H groups in total. The zero-order valence-electron chi connectivity index (χ0n) is 23.4. The number of aryl methyl sites for hydroxylation is 1. The maximum absolute atomic E-state index is 6.41. The zero-order chi connectivity index (χ0) is 27.1. The van der Waals surface area contributed by atoms with Crippen LogP contribution in [-0.2, 0) is 21.3 Å². The third-order valence-corrected chi connectivity index (χ3v) is 8.72. The lowest BCUT2D eigenvalue weighted by molar-refractivity contribution is -0.0240. The van der Waals surface area contributed by atoms with Crippen LogP contribution in [0, 0.1) is 5.92 Å². The van der Waals surface area contributed by atoms with Crippen LogP contribution in [0.4, 0.5) is 5.82 Å². The molecule has 0 bridgehead atoms. The smallest absolute Gasteiger partial charge is 0.167 e. The number of anilines is 1. The number of H-pyrrole nitrogens is 1. The molecule has 2 unspecified atom stereocenters. The number of hydrogen-bond acceptors (Lipinski definition) is 8. The molecule has 1 aromatic carbocycles. The molecule has 3 aromatic heterocycles. The van der Waals surface area contributed by atoms with Crippen LogP contribution >= 0.6 is 0 Å². The predicted octanol–water partition coefficient (Wildman–Crippen LogP) is 4.23. The Morgan fingerprint density at radius 3 is 2.87 bits per heavy atom. The molecule has 208 valence electrons. The van der Waals surface area contributed by atoms with Crippen LogP contribution in [0.3, 0.4) is 0 Å². The summed E-state index contributed by atoms with van der Waals surface area (Å²) in [5.41, 5.74) is 10.7. The summed E-state index contributed by atoms with van der Waals surface area (Å²) < 4.78 is 13.8. The number of fused-ring (bicyclic) bond motifs is 2. The van der Waals surface area contributed by atoms with Gasteiger partial charge in [0.05, 0.1) is 30.1 Å². The fourth-order valence-electron chi connectivity index (χ4n) is 6.26. The van der Waals surface area contributed by atoms with Gasteiger partial charge in [-0.3, -0.25) is 4.57 Å². The third kappa shape index (κ3) is 5.25. The molecule has 10 heteroatoms. The topological polar surface area (TPSA) is 120 Å². The number of nitrogens with two attached hydrogens (primary N) is 1. The number of ether oxygens (including phenoxy) is 2. The molecule has 0 radical (unpaired) electrons. The van der Waals surface area contributed by atoms with Crippen molar-refractivity contribution in [3.63, 3.8) is 0 Å². The Hall–Kier alpha value is -3.08. The van der Waals surface area contributed by atoms with Crippen molar-refractivity contribution in [2.45, 2.75) is 76.2 Å². The molecule has 1 aliphatic heterocycles.